The Morgan fingerprint density at radius 1 is 0.177 bits per heavy atom. The molecule has 3 heterocycles. The average Bonchev–Trinajstić information content (AvgIpc) is 4.43. The van der Waals surface area contributed by atoms with Gasteiger partial charge in [-0.1, -0.05) is 212 Å². The van der Waals surface area contributed by atoms with Gasteiger partial charge in [0, 0.05) is 66.1 Å². The highest BCUT2D eigenvalue weighted by molar-refractivity contribution is 7.27. The summed E-state index contributed by atoms with van der Waals surface area (Å²) in [6, 6.07) is 100. The molecule has 0 radical (unpaired) electrons. The molecule has 366 valence electrons. The summed E-state index contributed by atoms with van der Waals surface area (Å²) in [5.74, 6) is 0. The summed E-state index contributed by atoms with van der Waals surface area (Å²) in [6.45, 7) is 0. The molecule has 14 aromatic carbocycles. The van der Waals surface area contributed by atoms with E-state index in [0.717, 1.165) is 0 Å². The highest BCUT2D eigenvalue weighted by Gasteiger charge is 2.24. The van der Waals surface area contributed by atoms with E-state index in [4.69, 9.17) is 0 Å². The second-order valence-electron chi connectivity index (χ2n) is 20.9. The molecule has 0 unspecified atom stereocenters. The molecule has 0 fully saturated rings. The van der Waals surface area contributed by atoms with Crippen LogP contribution in [0.5, 0.6) is 0 Å². The van der Waals surface area contributed by atoms with Gasteiger partial charge in [-0.15, -0.1) is 34.0 Å². The predicted octanol–water partition coefficient (Wildman–Crippen LogP) is 23.4. The first-order valence-corrected chi connectivity index (χ1v) is 29.5. The Morgan fingerprint density at radius 3 is 0.937 bits per heavy atom. The quantitative estimate of drug-likeness (QED) is 0.146. The summed E-state index contributed by atoms with van der Waals surface area (Å²) in [5.41, 5.74) is 15.1. The monoisotopic (exact) mass is 1050 g/mol. The second-order valence-corrected chi connectivity index (χ2v) is 24.1. The van der Waals surface area contributed by atoms with E-state index in [0.29, 0.717) is 0 Å². The molecule has 3 heteroatoms. The fourth-order valence-electron chi connectivity index (χ4n) is 13.2. The van der Waals surface area contributed by atoms with Crippen molar-refractivity contribution in [1.29, 1.82) is 0 Å². The Hall–Kier alpha value is -9.22. The summed E-state index contributed by atoms with van der Waals surface area (Å²) >= 11 is 5.69. The second kappa shape index (κ2) is 17.7. The summed E-state index contributed by atoms with van der Waals surface area (Å²) < 4.78 is 7.85. The van der Waals surface area contributed by atoms with Gasteiger partial charge < -0.3 is 0 Å². The summed E-state index contributed by atoms with van der Waals surface area (Å²) in [4.78, 5) is 0. The van der Waals surface area contributed by atoms with Crippen LogP contribution in [0, 0.1) is 0 Å². The molecular weight excluding hydrogens is 1010 g/mol. The van der Waals surface area contributed by atoms with Crippen LogP contribution in [0.1, 0.15) is 0 Å². The zero-order valence-electron chi connectivity index (χ0n) is 42.6. The van der Waals surface area contributed by atoms with Crippen molar-refractivity contribution in [3.63, 3.8) is 0 Å². The standard InChI is InChI=1S/C76H44S3/c1-3-17-45(18-4-1)47-33-37-66-62(41-47)64-43-49(35-39-68(64)77-66)71-51-21-7-11-25-55(51)73(56-26-12-8-22-52(56)71)59-29-16-32-70-75(59)61-31-15-30-60(76(61)79-70)74-57-27-13-9-23-53(57)72(54-24-10-14-28-58(54)74)50-36-40-69-65(44-50)63-42-48(34-38-67(63)78-69)46-19-5-2-6-20-46/h1-44H. The van der Waals surface area contributed by atoms with E-state index in [1.165, 1.54) is 170 Å². The first kappa shape index (κ1) is 44.9. The number of benzene rings is 14. The summed E-state index contributed by atoms with van der Waals surface area (Å²) in [7, 11) is 0. The van der Waals surface area contributed by atoms with Crippen molar-refractivity contribution < 1.29 is 0 Å². The molecule has 0 saturated heterocycles. The van der Waals surface area contributed by atoms with Crippen molar-refractivity contribution in [2.45, 2.75) is 0 Å². The molecular formula is C76H44S3. The van der Waals surface area contributed by atoms with E-state index in [9.17, 15) is 0 Å². The molecule has 0 saturated carbocycles. The molecule has 0 aliphatic heterocycles. The van der Waals surface area contributed by atoms with Crippen molar-refractivity contribution in [2.75, 3.05) is 0 Å². The lowest BCUT2D eigenvalue weighted by Crippen LogP contribution is -1.91. The molecule has 0 nitrogen and oxygen atoms in total. The van der Waals surface area contributed by atoms with Crippen LogP contribution in [-0.4, -0.2) is 0 Å². The summed E-state index contributed by atoms with van der Waals surface area (Å²) in [6.07, 6.45) is 0. The van der Waals surface area contributed by atoms with Crippen molar-refractivity contribution in [3.8, 4) is 66.8 Å². The third kappa shape index (κ3) is 6.90. The van der Waals surface area contributed by atoms with Gasteiger partial charge in [-0.3, -0.25) is 0 Å². The van der Waals surface area contributed by atoms with Crippen LogP contribution in [0.15, 0.2) is 267 Å². The van der Waals surface area contributed by atoms with Crippen LogP contribution >= 0.6 is 34.0 Å². The van der Waals surface area contributed by atoms with Crippen molar-refractivity contribution in [1.82, 2.24) is 0 Å². The SMILES string of the molecule is c1ccc(-c2ccc3sc4ccc(-c5c6ccccc6c(-c6cccc7c6sc6cccc(-c8c9ccccc9c(-c9ccc%10sc%11ccc(-c%12ccccc%12)cc%11c%10c9)c9ccccc89)c67)c6ccccc56)cc4c3c2)cc1. The van der Waals surface area contributed by atoms with Gasteiger partial charge in [0.1, 0.15) is 0 Å². The van der Waals surface area contributed by atoms with E-state index >= 15 is 0 Å². The van der Waals surface area contributed by atoms with Crippen LogP contribution in [-0.2, 0) is 0 Å². The maximum absolute atomic E-state index is 2.46. The lowest BCUT2D eigenvalue weighted by Gasteiger charge is -2.19. The minimum atomic E-state index is 1.24. The van der Waals surface area contributed by atoms with Crippen LogP contribution in [0.3, 0.4) is 0 Å². The lowest BCUT2D eigenvalue weighted by atomic mass is 9.84. The van der Waals surface area contributed by atoms with E-state index in [1.807, 2.05) is 34.0 Å². The largest absolute Gasteiger partial charge is 0.135 e. The third-order valence-electron chi connectivity index (χ3n) is 16.7. The van der Waals surface area contributed by atoms with Gasteiger partial charge in [-0.25, -0.2) is 0 Å². The maximum atomic E-state index is 2.46. The maximum Gasteiger partial charge on any atom is 0.0434 e. The number of hydrogen-bond acceptors (Lipinski definition) is 3. The van der Waals surface area contributed by atoms with E-state index in [1.54, 1.807) is 0 Å². The lowest BCUT2D eigenvalue weighted by molar-refractivity contribution is 1.66. The number of thiophene rings is 3. The molecule has 0 amide bonds. The summed E-state index contributed by atoms with van der Waals surface area (Å²) in [5, 5.41) is 17.9. The van der Waals surface area contributed by atoms with Gasteiger partial charge in [0.05, 0.1) is 0 Å². The van der Waals surface area contributed by atoms with Gasteiger partial charge in [0.25, 0.3) is 0 Å². The number of fused-ring (bicyclic) bond motifs is 13. The molecule has 0 aliphatic rings. The van der Waals surface area contributed by atoms with Gasteiger partial charge >= 0.3 is 0 Å². The van der Waals surface area contributed by atoms with Gasteiger partial charge in [-0.2, -0.15) is 0 Å². The molecule has 0 bridgehead atoms. The molecule has 3 aromatic heterocycles. The fourth-order valence-corrected chi connectivity index (χ4v) is 16.6. The van der Waals surface area contributed by atoms with Gasteiger partial charge in [0.15, 0.2) is 0 Å². The molecule has 17 rings (SSSR count). The van der Waals surface area contributed by atoms with E-state index in [-0.39, 0.29) is 0 Å². The number of hydrogen-bond donors (Lipinski definition) is 0. The highest BCUT2D eigenvalue weighted by Crippen LogP contribution is 2.53. The third-order valence-corrected chi connectivity index (χ3v) is 20.2. The van der Waals surface area contributed by atoms with E-state index in [2.05, 4.69) is 267 Å². The zero-order valence-corrected chi connectivity index (χ0v) is 45.1. The Balaban J connectivity index is 0.855. The smallest absolute Gasteiger partial charge is 0.0434 e. The Morgan fingerprint density at radius 2 is 0.506 bits per heavy atom. The van der Waals surface area contributed by atoms with Crippen LogP contribution < -0.4 is 0 Å². The fraction of sp³-hybridized carbons (Fsp3) is 0. The zero-order chi connectivity index (χ0) is 51.7. The minimum absolute atomic E-state index is 1.24. The van der Waals surface area contributed by atoms with Gasteiger partial charge in [-0.05, 0) is 159 Å². The first-order chi connectivity index (χ1) is 39.2. The predicted molar refractivity (Wildman–Crippen MR) is 348 cm³/mol. The molecule has 79 heavy (non-hydrogen) atoms. The van der Waals surface area contributed by atoms with Crippen LogP contribution in [0.4, 0.5) is 0 Å². The molecule has 0 aliphatic carbocycles. The van der Waals surface area contributed by atoms with Crippen molar-refractivity contribution in [2.24, 2.45) is 0 Å². The van der Waals surface area contributed by atoms with Crippen molar-refractivity contribution in [3.05, 3.63) is 267 Å². The molecule has 0 atom stereocenters. The first-order valence-electron chi connectivity index (χ1n) is 27.0. The Bertz CT molecular complexity index is 5250. The van der Waals surface area contributed by atoms with Crippen molar-refractivity contribution >= 4 is 138 Å². The average molecular weight is 1050 g/mol. The van der Waals surface area contributed by atoms with Gasteiger partial charge in [0.2, 0.25) is 0 Å². The number of rotatable bonds is 6. The normalized spacial score (nSPS) is 12.1. The topological polar surface area (TPSA) is 0 Å². The van der Waals surface area contributed by atoms with Crippen LogP contribution in [0.25, 0.3) is 170 Å². The van der Waals surface area contributed by atoms with E-state index < -0.39 is 0 Å². The van der Waals surface area contributed by atoms with Crippen LogP contribution in [0.2, 0.25) is 0 Å². The Labute approximate surface area is 468 Å². The molecule has 17 aromatic rings. The molecule has 0 spiro atoms. The highest BCUT2D eigenvalue weighted by atomic mass is 32.1. The Kier molecular flexibility index (Phi) is 10.0. The minimum Gasteiger partial charge on any atom is -0.135 e. The molecule has 0 N–H and O–H groups in total.